The highest BCUT2D eigenvalue weighted by molar-refractivity contribution is 6.14. The molecular weight excluding hydrogens is 432 g/mol. The van der Waals surface area contributed by atoms with Crippen molar-refractivity contribution in [3.8, 4) is 0 Å². The van der Waals surface area contributed by atoms with Crippen molar-refractivity contribution < 1.29 is 9.59 Å². The van der Waals surface area contributed by atoms with Crippen LogP contribution in [0.3, 0.4) is 0 Å². The number of H-pyrrole nitrogens is 1. The van der Waals surface area contributed by atoms with Gasteiger partial charge in [-0.15, -0.1) is 10.2 Å². The van der Waals surface area contributed by atoms with E-state index in [-0.39, 0.29) is 51.8 Å². The lowest BCUT2D eigenvalue weighted by Crippen LogP contribution is -2.49. The first kappa shape index (κ1) is 23.1. The van der Waals surface area contributed by atoms with E-state index in [0.29, 0.717) is 26.2 Å². The number of aromatic amines is 1. The summed E-state index contributed by atoms with van der Waals surface area (Å²) in [6.45, 7) is 2.26. The highest BCUT2D eigenvalue weighted by Gasteiger charge is 2.20. The summed E-state index contributed by atoms with van der Waals surface area (Å²) in [6, 6.07) is 3.79. The Kier molecular flexibility index (Phi) is 7.14. The van der Waals surface area contributed by atoms with Crippen molar-refractivity contribution in [2.75, 3.05) is 32.7 Å². The maximum atomic E-state index is 12.7. The molecule has 1 aromatic heterocycles. The molecular formula is C18H22N12O3. The summed E-state index contributed by atoms with van der Waals surface area (Å²) >= 11 is 0. The van der Waals surface area contributed by atoms with E-state index in [2.05, 4.69) is 36.0 Å². The van der Waals surface area contributed by atoms with Gasteiger partial charge in [0, 0.05) is 48.8 Å². The molecule has 9 N–H and O–H groups in total. The number of hydrogen-bond donors (Lipinski definition) is 7. The number of amidine groups is 2. The third-order valence-corrected chi connectivity index (χ3v) is 5.02. The zero-order valence-corrected chi connectivity index (χ0v) is 17.4. The molecule has 15 heteroatoms. The second-order valence-corrected chi connectivity index (χ2v) is 6.93. The quantitative estimate of drug-likeness (QED) is 0.0980. The Labute approximate surface area is 186 Å². The first-order chi connectivity index (χ1) is 15.9. The average Bonchev–Trinajstić information content (AvgIpc) is 2.84. The van der Waals surface area contributed by atoms with Crippen LogP contribution in [-0.2, 0) is 4.79 Å². The van der Waals surface area contributed by atoms with Gasteiger partial charge in [-0.1, -0.05) is 0 Å². The zero-order chi connectivity index (χ0) is 24.0. The summed E-state index contributed by atoms with van der Waals surface area (Å²) in [7, 11) is 0. The molecule has 1 saturated heterocycles. The SMILES string of the molecule is N=NC(=NN)c1cc2[nH]c(C(=O)NCC(=O)N3CCNCC3)cc(=O)c2cc1C(N=N)=NN. The van der Waals surface area contributed by atoms with Gasteiger partial charge in [0.05, 0.1) is 12.1 Å². The molecule has 1 fully saturated rings. The van der Waals surface area contributed by atoms with Crippen LogP contribution in [0.5, 0.6) is 0 Å². The van der Waals surface area contributed by atoms with Gasteiger partial charge in [-0.2, -0.15) is 10.2 Å². The lowest BCUT2D eigenvalue weighted by atomic mass is 10.0. The molecule has 0 aliphatic carbocycles. The van der Waals surface area contributed by atoms with Crippen LogP contribution >= 0.6 is 0 Å². The van der Waals surface area contributed by atoms with E-state index in [9.17, 15) is 14.4 Å². The number of nitrogens with zero attached hydrogens (tertiary/aromatic N) is 5. The number of pyridine rings is 1. The predicted octanol–water partition coefficient (Wildman–Crippen LogP) is -1.01. The molecule has 1 aromatic carbocycles. The van der Waals surface area contributed by atoms with E-state index in [1.165, 1.54) is 12.1 Å². The van der Waals surface area contributed by atoms with E-state index in [1.807, 2.05) is 0 Å². The minimum atomic E-state index is -0.647. The monoisotopic (exact) mass is 454 g/mol. The van der Waals surface area contributed by atoms with Crippen LogP contribution in [0.1, 0.15) is 21.6 Å². The van der Waals surface area contributed by atoms with Crippen LogP contribution in [0.25, 0.3) is 10.9 Å². The van der Waals surface area contributed by atoms with Crippen LogP contribution in [0.15, 0.2) is 43.4 Å². The number of fused-ring (bicyclic) bond motifs is 1. The number of aromatic nitrogens is 1. The van der Waals surface area contributed by atoms with Gasteiger partial charge in [0.2, 0.25) is 17.6 Å². The van der Waals surface area contributed by atoms with Gasteiger partial charge >= 0.3 is 0 Å². The Hall–Kier alpha value is -4.53. The number of hydrazone groups is 2. The fraction of sp³-hybridized carbons (Fsp3) is 0.278. The largest absolute Gasteiger partial charge is 0.350 e. The Morgan fingerprint density at radius 2 is 1.64 bits per heavy atom. The molecule has 33 heavy (non-hydrogen) atoms. The molecule has 1 aliphatic rings. The lowest BCUT2D eigenvalue weighted by Gasteiger charge is -2.27. The average molecular weight is 454 g/mol. The lowest BCUT2D eigenvalue weighted by molar-refractivity contribution is -0.130. The van der Waals surface area contributed by atoms with Gasteiger partial charge in [0.1, 0.15) is 5.69 Å². The van der Waals surface area contributed by atoms with E-state index in [0.717, 1.165) is 6.07 Å². The summed E-state index contributed by atoms with van der Waals surface area (Å²) in [6.07, 6.45) is 0. The van der Waals surface area contributed by atoms with E-state index < -0.39 is 11.3 Å². The number of amides is 2. The van der Waals surface area contributed by atoms with Gasteiger partial charge in [-0.25, -0.2) is 11.1 Å². The fourth-order valence-corrected chi connectivity index (χ4v) is 3.38. The molecule has 0 saturated carbocycles. The van der Waals surface area contributed by atoms with Crippen LogP contribution in [0.2, 0.25) is 0 Å². The minimum absolute atomic E-state index is 0.0775. The minimum Gasteiger partial charge on any atom is -0.350 e. The van der Waals surface area contributed by atoms with Crippen molar-refractivity contribution in [3.05, 3.63) is 45.2 Å². The smallest absolute Gasteiger partial charge is 0.268 e. The number of benzene rings is 1. The number of carbonyl (C=O) groups excluding carboxylic acids is 2. The topological polar surface area (TPSA) is 243 Å². The molecule has 172 valence electrons. The van der Waals surface area contributed by atoms with Gasteiger partial charge < -0.3 is 32.2 Å². The van der Waals surface area contributed by atoms with Crippen molar-refractivity contribution in [2.45, 2.75) is 0 Å². The van der Waals surface area contributed by atoms with Gasteiger partial charge in [0.25, 0.3) is 5.91 Å². The predicted molar refractivity (Wildman–Crippen MR) is 118 cm³/mol. The first-order valence-corrected chi connectivity index (χ1v) is 9.72. The highest BCUT2D eigenvalue weighted by atomic mass is 16.2. The molecule has 2 aromatic rings. The molecule has 0 bridgehead atoms. The van der Waals surface area contributed by atoms with Crippen molar-refractivity contribution in [1.82, 2.24) is 20.5 Å². The number of piperazine rings is 1. The Morgan fingerprint density at radius 1 is 1.03 bits per heavy atom. The fourth-order valence-electron chi connectivity index (χ4n) is 3.38. The third-order valence-electron chi connectivity index (χ3n) is 5.02. The summed E-state index contributed by atoms with van der Waals surface area (Å²) in [5.41, 5.74) is 14.3. The van der Waals surface area contributed by atoms with Crippen LogP contribution < -0.4 is 27.7 Å². The summed E-state index contributed by atoms with van der Waals surface area (Å²) in [5, 5.41) is 19.0. The summed E-state index contributed by atoms with van der Waals surface area (Å²) < 4.78 is 0. The standard InChI is InChI=1S/C18H22N12O3/c19-26-16(27-20)9-5-11-12(6-10(9)17(28-21)29-22)25-13(7-14(11)31)18(33)24-8-15(32)30-3-1-23-2-4-30/h5-7,19,21,23H,1-4,8,20,22H2,(H,24,33)(H,25,31). The third kappa shape index (κ3) is 4.87. The van der Waals surface area contributed by atoms with Crippen molar-refractivity contribution in [3.63, 3.8) is 0 Å². The maximum absolute atomic E-state index is 12.7. The van der Waals surface area contributed by atoms with E-state index in [1.54, 1.807) is 4.90 Å². The molecule has 3 rings (SSSR count). The summed E-state index contributed by atoms with van der Waals surface area (Å²) in [5.74, 6) is 9.21. The number of nitrogens with one attached hydrogen (secondary N) is 5. The number of rotatable bonds is 5. The Morgan fingerprint density at radius 3 is 2.21 bits per heavy atom. The Balaban J connectivity index is 1.97. The zero-order valence-electron chi connectivity index (χ0n) is 17.4. The molecule has 15 nitrogen and oxygen atoms in total. The molecule has 0 radical (unpaired) electrons. The second-order valence-electron chi connectivity index (χ2n) is 6.93. The number of hydrogen-bond acceptors (Lipinski definition) is 10. The molecule has 2 heterocycles. The normalized spacial score (nSPS) is 14.7. The van der Waals surface area contributed by atoms with Gasteiger partial charge in [0.15, 0.2) is 5.43 Å². The molecule has 2 amide bonds. The second kappa shape index (κ2) is 10.2. The van der Waals surface area contributed by atoms with Crippen molar-refractivity contribution in [2.24, 2.45) is 32.1 Å². The van der Waals surface area contributed by atoms with Crippen molar-refractivity contribution in [1.29, 1.82) is 11.1 Å². The Bertz CT molecular complexity index is 1230. The highest BCUT2D eigenvalue weighted by Crippen LogP contribution is 2.20. The maximum Gasteiger partial charge on any atom is 0.268 e. The van der Waals surface area contributed by atoms with Crippen LogP contribution in [-0.4, -0.2) is 66.1 Å². The van der Waals surface area contributed by atoms with Crippen molar-refractivity contribution >= 4 is 34.4 Å². The molecule has 0 atom stereocenters. The summed E-state index contributed by atoms with van der Waals surface area (Å²) in [4.78, 5) is 42.0. The number of nitrogens with two attached hydrogens (primary N) is 2. The van der Waals surface area contributed by atoms with E-state index >= 15 is 0 Å². The number of carbonyl (C=O) groups is 2. The van der Waals surface area contributed by atoms with Crippen LogP contribution in [0.4, 0.5) is 0 Å². The van der Waals surface area contributed by atoms with Gasteiger partial charge in [-0.05, 0) is 12.1 Å². The first-order valence-electron chi connectivity index (χ1n) is 9.72. The molecule has 1 aliphatic heterocycles. The van der Waals surface area contributed by atoms with Gasteiger partial charge in [-0.3, -0.25) is 14.4 Å². The molecule has 0 spiro atoms. The van der Waals surface area contributed by atoms with Crippen LogP contribution in [0, 0.1) is 11.1 Å². The van der Waals surface area contributed by atoms with E-state index in [4.69, 9.17) is 22.7 Å². The molecule has 0 unspecified atom stereocenters.